The molecular weight excluding hydrogens is 218 g/mol. The number of nitrogen functional groups attached to an aromatic ring is 1. The van der Waals surface area contributed by atoms with Crippen molar-refractivity contribution in [3.8, 4) is 0 Å². The highest BCUT2D eigenvalue weighted by Gasteiger charge is 2.23. The van der Waals surface area contributed by atoms with E-state index in [0.717, 1.165) is 5.69 Å². The highest BCUT2D eigenvalue weighted by atomic mass is 14.5. The van der Waals surface area contributed by atoms with E-state index in [1.807, 2.05) is 12.1 Å². The molecule has 0 aromatic heterocycles. The lowest BCUT2D eigenvalue weighted by Crippen LogP contribution is -2.04. The molecule has 1 heteroatoms. The topological polar surface area (TPSA) is 26.0 Å². The average Bonchev–Trinajstić information content (AvgIpc) is 2.82. The van der Waals surface area contributed by atoms with Crippen molar-refractivity contribution in [2.24, 2.45) is 0 Å². The lowest BCUT2D eigenvalue weighted by Gasteiger charge is -2.20. The molecule has 2 N–H and O–H groups in total. The van der Waals surface area contributed by atoms with Gasteiger partial charge < -0.3 is 5.73 Å². The fourth-order valence-electron chi connectivity index (χ4n) is 2.72. The first-order valence-corrected chi connectivity index (χ1v) is 6.38. The summed E-state index contributed by atoms with van der Waals surface area (Å²) >= 11 is 0. The van der Waals surface area contributed by atoms with Crippen molar-refractivity contribution in [1.82, 2.24) is 0 Å². The Morgan fingerprint density at radius 1 is 1.00 bits per heavy atom. The molecule has 0 heterocycles. The summed E-state index contributed by atoms with van der Waals surface area (Å²) in [6, 6.07) is 16.9. The third-order valence-electron chi connectivity index (χ3n) is 3.84. The molecular formula is C17H17N. The molecule has 0 saturated carbocycles. The van der Waals surface area contributed by atoms with Gasteiger partial charge in [-0.3, -0.25) is 0 Å². The highest BCUT2D eigenvalue weighted by Crippen LogP contribution is 2.40. The molecule has 0 amide bonds. The number of rotatable bonds is 2. The molecule has 0 saturated heterocycles. The number of hydrogen-bond donors (Lipinski definition) is 1. The summed E-state index contributed by atoms with van der Waals surface area (Å²) in [6.07, 6.45) is 4.54. The Bertz CT molecular complexity index is 581. The number of fused-ring (bicyclic) bond motifs is 1. The van der Waals surface area contributed by atoms with E-state index in [0.29, 0.717) is 11.8 Å². The van der Waals surface area contributed by atoms with Crippen LogP contribution < -0.4 is 5.73 Å². The molecule has 1 aliphatic rings. The zero-order valence-corrected chi connectivity index (χ0v) is 10.5. The minimum atomic E-state index is 0.477. The number of allylic oxidation sites excluding steroid dienone is 1. The fraction of sp³-hybridized carbons (Fsp3) is 0.176. The van der Waals surface area contributed by atoms with Crippen LogP contribution >= 0.6 is 0 Å². The molecule has 0 aliphatic heterocycles. The summed E-state index contributed by atoms with van der Waals surface area (Å²) in [6.45, 7) is 2.28. The van der Waals surface area contributed by atoms with Crippen molar-refractivity contribution in [2.75, 3.05) is 5.73 Å². The van der Waals surface area contributed by atoms with Gasteiger partial charge >= 0.3 is 0 Å². The van der Waals surface area contributed by atoms with E-state index < -0.39 is 0 Å². The van der Waals surface area contributed by atoms with E-state index >= 15 is 0 Å². The molecule has 3 rings (SSSR count). The van der Waals surface area contributed by atoms with Gasteiger partial charge in [0, 0.05) is 11.6 Å². The van der Waals surface area contributed by atoms with Crippen LogP contribution in [0.3, 0.4) is 0 Å². The third-order valence-corrected chi connectivity index (χ3v) is 3.84. The second-order valence-corrected chi connectivity index (χ2v) is 4.97. The van der Waals surface area contributed by atoms with Gasteiger partial charge in [-0.1, -0.05) is 55.5 Å². The first-order valence-electron chi connectivity index (χ1n) is 6.38. The summed E-state index contributed by atoms with van der Waals surface area (Å²) in [5, 5.41) is 0. The zero-order chi connectivity index (χ0) is 12.5. The Kier molecular flexibility index (Phi) is 2.67. The molecule has 0 spiro atoms. The van der Waals surface area contributed by atoms with Crippen LogP contribution in [0.4, 0.5) is 5.69 Å². The van der Waals surface area contributed by atoms with Crippen LogP contribution in [0.25, 0.3) is 6.08 Å². The Morgan fingerprint density at radius 3 is 2.50 bits per heavy atom. The van der Waals surface area contributed by atoms with Gasteiger partial charge in [0.05, 0.1) is 0 Å². The molecule has 2 aromatic carbocycles. The van der Waals surface area contributed by atoms with E-state index in [9.17, 15) is 0 Å². The largest absolute Gasteiger partial charge is 0.399 e. The fourth-order valence-corrected chi connectivity index (χ4v) is 2.72. The SMILES string of the molecule is CC(c1ccc(N)cc1)C1C=Cc2ccccc21. The van der Waals surface area contributed by atoms with Crippen molar-refractivity contribution in [3.63, 3.8) is 0 Å². The quantitative estimate of drug-likeness (QED) is 0.776. The van der Waals surface area contributed by atoms with Crippen LogP contribution in [-0.2, 0) is 0 Å². The van der Waals surface area contributed by atoms with Gasteiger partial charge in [0.25, 0.3) is 0 Å². The maximum absolute atomic E-state index is 5.74. The predicted molar refractivity (Wildman–Crippen MR) is 77.5 cm³/mol. The van der Waals surface area contributed by atoms with E-state index in [4.69, 9.17) is 5.73 Å². The van der Waals surface area contributed by atoms with Crippen molar-refractivity contribution in [2.45, 2.75) is 18.8 Å². The smallest absolute Gasteiger partial charge is 0.0314 e. The summed E-state index contributed by atoms with van der Waals surface area (Å²) in [5.74, 6) is 0.954. The van der Waals surface area contributed by atoms with Crippen LogP contribution in [-0.4, -0.2) is 0 Å². The lowest BCUT2D eigenvalue weighted by molar-refractivity contribution is 0.684. The molecule has 90 valence electrons. The molecule has 2 aromatic rings. The highest BCUT2D eigenvalue weighted by molar-refractivity contribution is 5.63. The van der Waals surface area contributed by atoms with Gasteiger partial charge in [-0.25, -0.2) is 0 Å². The molecule has 0 bridgehead atoms. The monoisotopic (exact) mass is 235 g/mol. The van der Waals surface area contributed by atoms with Crippen molar-refractivity contribution in [1.29, 1.82) is 0 Å². The van der Waals surface area contributed by atoms with Crippen LogP contribution in [0.15, 0.2) is 54.6 Å². The van der Waals surface area contributed by atoms with E-state index in [1.165, 1.54) is 16.7 Å². The minimum Gasteiger partial charge on any atom is -0.399 e. The Balaban J connectivity index is 1.93. The van der Waals surface area contributed by atoms with Gasteiger partial charge in [-0.05, 0) is 34.7 Å². The third kappa shape index (κ3) is 1.82. The van der Waals surface area contributed by atoms with E-state index in [1.54, 1.807) is 0 Å². The molecule has 0 fully saturated rings. The van der Waals surface area contributed by atoms with Gasteiger partial charge in [-0.15, -0.1) is 0 Å². The maximum Gasteiger partial charge on any atom is 0.0314 e. The second kappa shape index (κ2) is 4.34. The second-order valence-electron chi connectivity index (χ2n) is 4.97. The number of nitrogens with two attached hydrogens (primary N) is 1. The molecule has 18 heavy (non-hydrogen) atoms. The van der Waals surface area contributed by atoms with Crippen LogP contribution in [0.1, 0.15) is 35.4 Å². The van der Waals surface area contributed by atoms with Gasteiger partial charge in [0.15, 0.2) is 0 Å². The summed E-state index contributed by atoms with van der Waals surface area (Å²) in [7, 11) is 0. The Morgan fingerprint density at radius 2 is 1.72 bits per heavy atom. The van der Waals surface area contributed by atoms with Crippen molar-refractivity contribution in [3.05, 3.63) is 71.3 Å². The van der Waals surface area contributed by atoms with E-state index in [-0.39, 0.29) is 0 Å². The number of benzene rings is 2. The minimum absolute atomic E-state index is 0.477. The zero-order valence-electron chi connectivity index (χ0n) is 10.5. The standard InChI is InChI=1S/C17H17N/c1-12(13-6-9-15(18)10-7-13)16-11-8-14-4-2-3-5-17(14)16/h2-12,16H,18H2,1H3. The Labute approximate surface area is 108 Å². The summed E-state index contributed by atoms with van der Waals surface area (Å²) in [4.78, 5) is 0. The predicted octanol–water partition coefficient (Wildman–Crippen LogP) is 4.18. The lowest BCUT2D eigenvalue weighted by atomic mass is 9.84. The number of hydrogen-bond acceptors (Lipinski definition) is 1. The molecule has 2 unspecified atom stereocenters. The van der Waals surface area contributed by atoms with E-state index in [2.05, 4.69) is 55.5 Å². The molecule has 1 nitrogen and oxygen atoms in total. The normalized spacial score (nSPS) is 18.6. The van der Waals surface area contributed by atoms with Crippen molar-refractivity contribution >= 4 is 11.8 Å². The van der Waals surface area contributed by atoms with Gasteiger partial charge in [-0.2, -0.15) is 0 Å². The number of anilines is 1. The van der Waals surface area contributed by atoms with Crippen LogP contribution in [0.2, 0.25) is 0 Å². The van der Waals surface area contributed by atoms with Crippen molar-refractivity contribution < 1.29 is 0 Å². The summed E-state index contributed by atoms with van der Waals surface area (Å²) in [5.41, 5.74) is 10.7. The maximum atomic E-state index is 5.74. The van der Waals surface area contributed by atoms with Crippen LogP contribution in [0.5, 0.6) is 0 Å². The van der Waals surface area contributed by atoms with Crippen LogP contribution in [0, 0.1) is 0 Å². The molecule has 1 aliphatic carbocycles. The first-order chi connectivity index (χ1) is 8.75. The summed E-state index contributed by atoms with van der Waals surface area (Å²) < 4.78 is 0. The first kappa shape index (κ1) is 11.1. The average molecular weight is 235 g/mol. The Hall–Kier alpha value is -2.02. The van der Waals surface area contributed by atoms with Gasteiger partial charge in [0.2, 0.25) is 0 Å². The molecule has 2 atom stereocenters. The molecule has 0 radical (unpaired) electrons. The van der Waals surface area contributed by atoms with Gasteiger partial charge in [0.1, 0.15) is 0 Å².